The van der Waals surface area contributed by atoms with E-state index in [1.807, 2.05) is 0 Å². The molecule has 0 aliphatic carbocycles. The van der Waals surface area contributed by atoms with E-state index in [1.54, 1.807) is 0 Å². The Morgan fingerprint density at radius 1 is 1.50 bits per heavy atom. The van der Waals surface area contributed by atoms with Gasteiger partial charge in [0.1, 0.15) is 0 Å². The van der Waals surface area contributed by atoms with Crippen LogP contribution in [0.4, 0.5) is 0 Å². The fourth-order valence-corrected chi connectivity index (χ4v) is 0. The van der Waals surface area contributed by atoms with E-state index < -0.39 is 8.54 Å². The van der Waals surface area contributed by atoms with E-state index in [4.69, 9.17) is 13.0 Å². The Balaban J connectivity index is 0. The van der Waals surface area contributed by atoms with Gasteiger partial charge in [0, 0.05) is 0 Å². The second kappa shape index (κ2) is 3.66. The zero-order valence-corrected chi connectivity index (χ0v) is 3.73. The zero-order chi connectivity index (χ0) is 4.50. The minimum atomic E-state index is -4.10. The van der Waals surface area contributed by atoms with Gasteiger partial charge in [0.25, 0.3) is 0 Å². The SMILES string of the molecule is O=[S](=O)(O)[Cu].[CaH2]. The summed E-state index contributed by atoms with van der Waals surface area (Å²) < 4.78 is 25.3. The van der Waals surface area contributed by atoms with Gasteiger partial charge in [-0.05, 0) is 0 Å². The summed E-state index contributed by atoms with van der Waals surface area (Å²) in [6.07, 6.45) is 0. The molecule has 6 heteroatoms. The van der Waals surface area contributed by atoms with Gasteiger partial charge in [-0.2, -0.15) is 0 Å². The third-order valence-electron chi connectivity index (χ3n) is 0. The van der Waals surface area contributed by atoms with E-state index in [9.17, 15) is 0 Å². The normalized spacial score (nSPS) is 9.83. The molecule has 0 bridgehead atoms. The van der Waals surface area contributed by atoms with Gasteiger partial charge in [0.15, 0.2) is 0 Å². The predicted octanol–water partition coefficient (Wildman–Crippen LogP) is -1.58. The molecule has 0 rings (SSSR count). The van der Waals surface area contributed by atoms with Gasteiger partial charge in [-0.3, -0.25) is 0 Å². The minimum absolute atomic E-state index is 0. The maximum atomic E-state index is 8.99. The molecule has 6 heavy (non-hydrogen) atoms. The first kappa shape index (κ1) is 10.6. The van der Waals surface area contributed by atoms with Crippen molar-refractivity contribution in [2.45, 2.75) is 0 Å². The standard InChI is InChI=1S/Ca.Cu.HO3S.2H/c;;1-4(2)3;;/h;;(H,1,2,3);;. The Morgan fingerprint density at radius 3 is 1.50 bits per heavy atom. The number of hydrogen-bond acceptors (Lipinski definition) is 2. The average Bonchev–Trinajstić information content (AvgIpc) is 0.722. The second-order valence-corrected chi connectivity index (χ2v) is 2.58. The first-order chi connectivity index (χ1) is 2.00. The summed E-state index contributed by atoms with van der Waals surface area (Å²) >= 11 is 3.49. The van der Waals surface area contributed by atoms with Crippen LogP contribution < -0.4 is 0 Å². The molecule has 0 aromatic heterocycles. The van der Waals surface area contributed by atoms with Crippen LogP contribution in [-0.4, -0.2) is 50.7 Å². The van der Waals surface area contributed by atoms with E-state index in [2.05, 4.69) is 14.9 Å². The molecule has 0 fully saturated rings. The van der Waals surface area contributed by atoms with Crippen LogP contribution in [0.25, 0.3) is 0 Å². The maximum absolute atomic E-state index is 8.99. The van der Waals surface area contributed by atoms with E-state index in [1.165, 1.54) is 0 Å². The molecular formula is H3CaCuO3S. The van der Waals surface area contributed by atoms with Crippen molar-refractivity contribution in [2.24, 2.45) is 0 Å². The Hall–Kier alpha value is 1.69. The molecule has 0 aliphatic rings. The summed E-state index contributed by atoms with van der Waals surface area (Å²) in [5.41, 5.74) is 0. The van der Waals surface area contributed by atoms with Gasteiger partial charge in [-0.1, -0.05) is 0 Å². The van der Waals surface area contributed by atoms with Crippen molar-refractivity contribution in [1.29, 1.82) is 0 Å². The summed E-state index contributed by atoms with van der Waals surface area (Å²) in [7, 11) is -4.10. The number of rotatable bonds is 0. The molecule has 1 N–H and O–H groups in total. The van der Waals surface area contributed by atoms with Crippen molar-refractivity contribution in [3.63, 3.8) is 0 Å². The first-order valence-electron chi connectivity index (χ1n) is 0.639. The van der Waals surface area contributed by atoms with Crippen LogP contribution in [0.15, 0.2) is 0 Å². The van der Waals surface area contributed by atoms with Crippen molar-refractivity contribution < 1.29 is 27.9 Å². The topological polar surface area (TPSA) is 54.4 Å². The third kappa shape index (κ3) is 43.8. The van der Waals surface area contributed by atoms with Gasteiger partial charge in [-0.25, -0.2) is 0 Å². The molecule has 0 saturated carbocycles. The van der Waals surface area contributed by atoms with Crippen LogP contribution in [-0.2, 0) is 23.4 Å². The van der Waals surface area contributed by atoms with Crippen LogP contribution in [0.1, 0.15) is 0 Å². The Morgan fingerprint density at radius 2 is 1.50 bits per heavy atom. The van der Waals surface area contributed by atoms with Crippen molar-refractivity contribution in [3.05, 3.63) is 0 Å². The van der Waals surface area contributed by atoms with Crippen molar-refractivity contribution >= 4 is 46.3 Å². The zero-order valence-electron chi connectivity index (χ0n) is 1.97. The Bertz CT molecular complexity index is 94.0. The molecule has 0 aromatic rings. The summed E-state index contributed by atoms with van der Waals surface area (Å²) in [6.45, 7) is 0. The molecule has 0 unspecified atom stereocenters. The summed E-state index contributed by atoms with van der Waals surface area (Å²) in [5, 5.41) is 0. The van der Waals surface area contributed by atoms with Crippen LogP contribution in [0.2, 0.25) is 0 Å². The molecule has 0 heterocycles. The monoisotopic (exact) mass is 186 g/mol. The molecule has 0 radical (unpaired) electrons. The molecular weight excluding hydrogens is 184 g/mol. The fourth-order valence-electron chi connectivity index (χ4n) is 0. The molecule has 0 aromatic carbocycles. The van der Waals surface area contributed by atoms with E-state index in [0.717, 1.165) is 0 Å². The van der Waals surface area contributed by atoms with Gasteiger partial charge in [-0.15, -0.1) is 0 Å². The Labute approximate surface area is 73.1 Å². The molecule has 0 spiro atoms. The third-order valence-corrected chi connectivity index (χ3v) is 0. The number of hydrogen-bond donors (Lipinski definition) is 1. The summed E-state index contributed by atoms with van der Waals surface area (Å²) in [5.74, 6) is 0. The van der Waals surface area contributed by atoms with Crippen LogP contribution >= 0.6 is 0 Å². The summed E-state index contributed by atoms with van der Waals surface area (Å²) in [6, 6.07) is 0. The van der Waals surface area contributed by atoms with Crippen molar-refractivity contribution in [3.8, 4) is 0 Å². The second-order valence-electron chi connectivity index (χ2n) is 0.373. The average molecular weight is 187 g/mol. The molecule has 40 valence electrons. The first-order valence-corrected chi connectivity index (χ1v) is 3.07. The van der Waals surface area contributed by atoms with Gasteiger partial charge in [0.2, 0.25) is 0 Å². The van der Waals surface area contributed by atoms with Crippen LogP contribution in [0.5, 0.6) is 0 Å². The Kier molecular flexibility index (Phi) is 6.49. The van der Waals surface area contributed by atoms with Gasteiger partial charge in [0.05, 0.1) is 0 Å². The van der Waals surface area contributed by atoms with E-state index in [0.29, 0.717) is 0 Å². The quantitative estimate of drug-likeness (QED) is 0.367. The van der Waals surface area contributed by atoms with Crippen LogP contribution in [0.3, 0.4) is 0 Å². The summed E-state index contributed by atoms with van der Waals surface area (Å²) in [4.78, 5) is 0. The van der Waals surface area contributed by atoms with E-state index in [-0.39, 0.29) is 37.7 Å². The molecule has 0 atom stereocenters. The predicted molar refractivity (Wildman–Crippen MR) is 20.1 cm³/mol. The fraction of sp³-hybridized carbons (Fsp3) is 0. The van der Waals surface area contributed by atoms with Crippen LogP contribution in [0, 0.1) is 0 Å². The molecule has 0 aliphatic heterocycles. The van der Waals surface area contributed by atoms with Crippen molar-refractivity contribution in [1.82, 2.24) is 0 Å². The molecule has 0 amide bonds. The van der Waals surface area contributed by atoms with Crippen molar-refractivity contribution in [2.75, 3.05) is 0 Å². The molecule has 0 saturated heterocycles. The molecule has 3 nitrogen and oxygen atoms in total. The van der Waals surface area contributed by atoms with Gasteiger partial charge >= 0.3 is 74.1 Å². The van der Waals surface area contributed by atoms with E-state index >= 15 is 0 Å². The van der Waals surface area contributed by atoms with Gasteiger partial charge < -0.3 is 0 Å².